The third-order valence-electron chi connectivity index (χ3n) is 3.80. The number of hydrogen-bond acceptors (Lipinski definition) is 4. The van der Waals surface area contributed by atoms with Crippen LogP contribution < -0.4 is 15.8 Å². The number of halogens is 1. The summed E-state index contributed by atoms with van der Waals surface area (Å²) in [6, 6.07) is 13.1. The summed E-state index contributed by atoms with van der Waals surface area (Å²) in [7, 11) is 1.35. The molecule has 1 unspecified atom stereocenters. The molecule has 25 heavy (non-hydrogen) atoms. The second-order valence-corrected chi connectivity index (χ2v) is 5.59. The Morgan fingerprint density at radius 1 is 1.16 bits per heavy atom. The predicted molar refractivity (Wildman–Crippen MR) is 92.9 cm³/mol. The fourth-order valence-corrected chi connectivity index (χ4v) is 2.34. The fourth-order valence-electron chi connectivity index (χ4n) is 2.34. The molecule has 1 amide bonds. The van der Waals surface area contributed by atoms with Crippen LogP contribution in [0.2, 0.25) is 0 Å². The molecule has 0 aliphatic rings. The van der Waals surface area contributed by atoms with Crippen molar-refractivity contribution in [3.63, 3.8) is 0 Å². The molecule has 0 saturated carbocycles. The first-order chi connectivity index (χ1) is 12.0. The van der Waals surface area contributed by atoms with Crippen molar-refractivity contribution in [1.29, 1.82) is 0 Å². The summed E-state index contributed by atoms with van der Waals surface area (Å²) >= 11 is 0. The fraction of sp³-hybridized carbons (Fsp3) is 0.263. The van der Waals surface area contributed by atoms with Gasteiger partial charge >= 0.3 is 0 Å². The first kappa shape index (κ1) is 18.6. The number of nitrogens with two attached hydrogens (primary N) is 1. The van der Waals surface area contributed by atoms with Crippen LogP contribution in [0.4, 0.5) is 4.39 Å². The Labute approximate surface area is 146 Å². The van der Waals surface area contributed by atoms with Gasteiger partial charge in [-0.15, -0.1) is 0 Å². The number of benzene rings is 2. The Morgan fingerprint density at radius 2 is 1.88 bits per heavy atom. The van der Waals surface area contributed by atoms with E-state index in [0.29, 0.717) is 0 Å². The van der Waals surface area contributed by atoms with Gasteiger partial charge in [0.2, 0.25) is 5.91 Å². The van der Waals surface area contributed by atoms with Crippen LogP contribution >= 0.6 is 0 Å². The molecule has 2 aromatic carbocycles. The van der Waals surface area contributed by atoms with Crippen molar-refractivity contribution in [3.05, 3.63) is 65.5 Å². The van der Waals surface area contributed by atoms with E-state index in [1.165, 1.54) is 19.2 Å². The zero-order valence-electron chi connectivity index (χ0n) is 14.0. The Kier molecular flexibility index (Phi) is 6.65. The third-order valence-corrected chi connectivity index (χ3v) is 3.80. The lowest BCUT2D eigenvalue weighted by Gasteiger charge is -2.13. The van der Waals surface area contributed by atoms with Crippen molar-refractivity contribution in [3.8, 4) is 5.75 Å². The first-order valence-electron chi connectivity index (χ1n) is 7.95. The summed E-state index contributed by atoms with van der Waals surface area (Å²) in [5.74, 6) is -1.10. The van der Waals surface area contributed by atoms with E-state index in [1.54, 1.807) is 0 Å². The topological polar surface area (TPSA) is 81.4 Å². The van der Waals surface area contributed by atoms with E-state index in [4.69, 9.17) is 10.5 Å². The molecule has 0 bridgehead atoms. The molecule has 0 saturated heterocycles. The number of hydrogen-bond donors (Lipinski definition) is 2. The molecule has 6 heteroatoms. The van der Waals surface area contributed by atoms with Gasteiger partial charge in [-0.3, -0.25) is 9.59 Å². The molecular formula is C19H21FN2O3. The molecule has 0 aromatic heterocycles. The van der Waals surface area contributed by atoms with Crippen molar-refractivity contribution in [2.75, 3.05) is 13.7 Å². The van der Waals surface area contributed by atoms with Crippen molar-refractivity contribution in [1.82, 2.24) is 5.32 Å². The number of methoxy groups -OCH3 is 1. The molecule has 0 spiro atoms. The SMILES string of the molecule is COc1ccc(C(=O)CCC(=O)NCC(N)c2ccccc2)cc1F. The Morgan fingerprint density at radius 3 is 2.52 bits per heavy atom. The van der Waals surface area contributed by atoms with Crippen LogP contribution in [0.15, 0.2) is 48.5 Å². The van der Waals surface area contributed by atoms with Crippen LogP contribution in [0.5, 0.6) is 5.75 Å². The molecule has 0 radical (unpaired) electrons. The number of rotatable bonds is 8. The molecule has 0 heterocycles. The van der Waals surface area contributed by atoms with Crippen molar-refractivity contribution in [2.45, 2.75) is 18.9 Å². The van der Waals surface area contributed by atoms with Crippen LogP contribution in [0.1, 0.15) is 34.8 Å². The van der Waals surface area contributed by atoms with Crippen LogP contribution in [-0.2, 0) is 4.79 Å². The highest BCUT2D eigenvalue weighted by Gasteiger charge is 2.13. The Hall–Kier alpha value is -2.73. The highest BCUT2D eigenvalue weighted by molar-refractivity contribution is 5.98. The second kappa shape index (κ2) is 8.94. The first-order valence-corrected chi connectivity index (χ1v) is 7.95. The highest BCUT2D eigenvalue weighted by Crippen LogP contribution is 2.19. The monoisotopic (exact) mass is 344 g/mol. The van der Waals surface area contributed by atoms with Gasteiger partial charge in [0.15, 0.2) is 17.3 Å². The normalized spacial score (nSPS) is 11.6. The maximum Gasteiger partial charge on any atom is 0.220 e. The smallest absolute Gasteiger partial charge is 0.220 e. The van der Waals surface area contributed by atoms with Gasteiger partial charge in [-0.25, -0.2) is 4.39 Å². The standard InChI is InChI=1S/C19H21FN2O3/c1-25-18-9-7-14(11-15(18)20)17(23)8-10-19(24)22-12-16(21)13-5-3-2-4-6-13/h2-7,9,11,16H,8,10,12,21H2,1H3,(H,22,24). The van der Waals surface area contributed by atoms with Gasteiger partial charge in [-0.1, -0.05) is 30.3 Å². The maximum absolute atomic E-state index is 13.6. The van der Waals surface area contributed by atoms with E-state index in [2.05, 4.69) is 5.32 Å². The summed E-state index contributed by atoms with van der Waals surface area (Å²) in [4.78, 5) is 23.9. The molecule has 0 fully saturated rings. The molecule has 132 valence electrons. The van der Waals surface area contributed by atoms with Gasteiger partial charge in [-0.2, -0.15) is 0 Å². The van der Waals surface area contributed by atoms with Crippen molar-refractivity contribution < 1.29 is 18.7 Å². The third kappa shape index (κ3) is 5.39. The Bertz CT molecular complexity index is 735. The summed E-state index contributed by atoms with van der Waals surface area (Å²) in [5.41, 5.74) is 7.14. The average Bonchev–Trinajstić information content (AvgIpc) is 2.64. The van der Waals surface area contributed by atoms with Gasteiger partial charge in [-0.05, 0) is 23.8 Å². The zero-order valence-corrected chi connectivity index (χ0v) is 14.0. The molecule has 1 atom stereocenters. The maximum atomic E-state index is 13.6. The molecule has 0 aliphatic carbocycles. The lowest BCUT2D eigenvalue weighted by molar-refractivity contribution is -0.121. The van der Waals surface area contributed by atoms with E-state index < -0.39 is 5.82 Å². The lowest BCUT2D eigenvalue weighted by atomic mass is 10.1. The Balaban J connectivity index is 1.79. The molecule has 2 rings (SSSR count). The number of carbonyl (C=O) groups excluding carboxylic acids is 2. The van der Waals surface area contributed by atoms with Crippen LogP contribution in [0.3, 0.4) is 0 Å². The average molecular weight is 344 g/mol. The molecule has 5 nitrogen and oxygen atoms in total. The van der Waals surface area contributed by atoms with Crippen LogP contribution in [-0.4, -0.2) is 25.3 Å². The van der Waals surface area contributed by atoms with Crippen molar-refractivity contribution in [2.24, 2.45) is 5.73 Å². The van der Waals surface area contributed by atoms with Gasteiger partial charge in [0, 0.05) is 31.0 Å². The molecule has 3 N–H and O–H groups in total. The molecule has 2 aromatic rings. The van der Waals surface area contributed by atoms with Gasteiger partial charge in [0.1, 0.15) is 0 Å². The summed E-state index contributed by atoms with van der Waals surface area (Å²) in [6.07, 6.45) is 0.0200. The number of ether oxygens (including phenoxy) is 1. The second-order valence-electron chi connectivity index (χ2n) is 5.59. The highest BCUT2D eigenvalue weighted by atomic mass is 19.1. The van der Waals surface area contributed by atoms with E-state index >= 15 is 0 Å². The van der Waals surface area contributed by atoms with E-state index in [-0.39, 0.29) is 48.4 Å². The number of nitrogens with one attached hydrogen (secondary N) is 1. The lowest BCUT2D eigenvalue weighted by Crippen LogP contribution is -2.32. The number of Topliss-reactive ketones (excluding diaryl/α,β-unsaturated/α-hetero) is 1. The molecule has 0 aliphatic heterocycles. The van der Waals surface area contributed by atoms with Crippen LogP contribution in [0, 0.1) is 5.82 Å². The summed E-state index contributed by atoms with van der Waals surface area (Å²) < 4.78 is 18.4. The quantitative estimate of drug-likeness (QED) is 0.721. The number of amides is 1. The molecular weight excluding hydrogens is 323 g/mol. The minimum Gasteiger partial charge on any atom is -0.494 e. The van der Waals surface area contributed by atoms with E-state index in [1.807, 2.05) is 30.3 Å². The minimum absolute atomic E-state index is 0.00181. The van der Waals surface area contributed by atoms with E-state index in [0.717, 1.165) is 11.6 Å². The number of carbonyl (C=O) groups is 2. The van der Waals surface area contributed by atoms with Gasteiger partial charge in [0.25, 0.3) is 0 Å². The predicted octanol–water partition coefficient (Wildman–Crippen LogP) is 2.61. The minimum atomic E-state index is -0.605. The summed E-state index contributed by atoms with van der Waals surface area (Å²) in [6.45, 7) is 0.286. The number of ketones is 1. The van der Waals surface area contributed by atoms with Gasteiger partial charge in [0.05, 0.1) is 7.11 Å². The summed E-state index contributed by atoms with van der Waals surface area (Å²) in [5, 5.41) is 2.71. The van der Waals surface area contributed by atoms with Crippen molar-refractivity contribution >= 4 is 11.7 Å². The van der Waals surface area contributed by atoms with Crippen LogP contribution in [0.25, 0.3) is 0 Å². The largest absolute Gasteiger partial charge is 0.494 e. The van der Waals surface area contributed by atoms with Gasteiger partial charge < -0.3 is 15.8 Å². The zero-order chi connectivity index (χ0) is 18.2. The van der Waals surface area contributed by atoms with E-state index in [9.17, 15) is 14.0 Å².